The molecule has 152 valence electrons. The number of nitrogens with zero attached hydrogens (tertiary/aromatic N) is 2. The highest BCUT2D eigenvalue weighted by Gasteiger charge is 2.25. The summed E-state index contributed by atoms with van der Waals surface area (Å²) in [7, 11) is 1.38. The molecule has 1 amide bonds. The van der Waals surface area contributed by atoms with Crippen LogP contribution in [0.1, 0.15) is 45.5 Å². The highest BCUT2D eigenvalue weighted by Crippen LogP contribution is 2.21. The van der Waals surface area contributed by atoms with Crippen LogP contribution in [-0.4, -0.2) is 49.1 Å². The Labute approximate surface area is 170 Å². The van der Waals surface area contributed by atoms with Crippen LogP contribution >= 0.6 is 0 Å². The van der Waals surface area contributed by atoms with Crippen LogP contribution in [0, 0.1) is 0 Å². The number of esters is 1. The summed E-state index contributed by atoms with van der Waals surface area (Å²) >= 11 is 0. The Kier molecular flexibility index (Phi) is 5.76. The van der Waals surface area contributed by atoms with Crippen molar-refractivity contribution in [2.75, 3.05) is 25.1 Å². The molecule has 1 aliphatic carbocycles. The molecule has 7 heteroatoms. The van der Waals surface area contributed by atoms with E-state index in [4.69, 9.17) is 4.74 Å². The quantitative estimate of drug-likeness (QED) is 0.700. The summed E-state index contributed by atoms with van der Waals surface area (Å²) in [5.74, 6) is 0.546. The van der Waals surface area contributed by atoms with Crippen LogP contribution < -0.4 is 15.5 Å². The molecule has 0 spiro atoms. The molecule has 1 aromatic carbocycles. The Morgan fingerprint density at radius 1 is 1.07 bits per heavy atom. The molecule has 4 rings (SSSR count). The maximum atomic E-state index is 12.1. The number of nitrogens with one attached hydrogen (secondary N) is 2. The van der Waals surface area contributed by atoms with Gasteiger partial charge in [0.15, 0.2) is 0 Å². The zero-order valence-electron chi connectivity index (χ0n) is 16.6. The number of amides is 1. The molecular formula is C22H26N4O3. The van der Waals surface area contributed by atoms with Gasteiger partial charge < -0.3 is 20.3 Å². The van der Waals surface area contributed by atoms with Gasteiger partial charge in [-0.2, -0.15) is 0 Å². The van der Waals surface area contributed by atoms with Gasteiger partial charge >= 0.3 is 5.97 Å². The van der Waals surface area contributed by atoms with Gasteiger partial charge in [0.05, 0.1) is 18.2 Å². The number of pyridine rings is 1. The fourth-order valence-corrected chi connectivity index (χ4v) is 3.48. The smallest absolute Gasteiger partial charge is 0.337 e. The van der Waals surface area contributed by atoms with Crippen molar-refractivity contribution in [1.29, 1.82) is 0 Å². The normalized spacial score (nSPS) is 18.5. The van der Waals surface area contributed by atoms with Crippen molar-refractivity contribution in [2.45, 2.75) is 37.9 Å². The van der Waals surface area contributed by atoms with E-state index in [9.17, 15) is 9.59 Å². The summed E-state index contributed by atoms with van der Waals surface area (Å²) in [6, 6.07) is 12.0. The second-order valence-corrected chi connectivity index (χ2v) is 7.65. The number of benzene rings is 1. The minimum absolute atomic E-state index is 0.0364. The molecule has 1 unspecified atom stereocenters. The molecule has 1 saturated heterocycles. The number of ether oxygens (including phenoxy) is 1. The van der Waals surface area contributed by atoms with Crippen molar-refractivity contribution in [3.05, 3.63) is 59.3 Å². The summed E-state index contributed by atoms with van der Waals surface area (Å²) < 4.78 is 4.72. The minimum atomic E-state index is -0.320. The van der Waals surface area contributed by atoms with E-state index in [-0.39, 0.29) is 11.9 Å². The average molecular weight is 394 g/mol. The molecule has 2 fully saturated rings. The molecule has 1 atom stereocenters. The lowest BCUT2D eigenvalue weighted by Crippen LogP contribution is -2.32. The van der Waals surface area contributed by atoms with Gasteiger partial charge in [0, 0.05) is 37.9 Å². The van der Waals surface area contributed by atoms with Crippen LogP contribution in [0.15, 0.2) is 42.6 Å². The minimum Gasteiger partial charge on any atom is -0.465 e. The first-order valence-electron chi connectivity index (χ1n) is 10.0. The molecule has 1 aliphatic heterocycles. The van der Waals surface area contributed by atoms with Crippen LogP contribution in [0.2, 0.25) is 0 Å². The molecule has 2 heterocycles. The predicted octanol–water partition coefficient (Wildman–Crippen LogP) is 2.13. The number of methoxy groups -OCH3 is 1. The molecule has 2 aromatic rings. The second kappa shape index (κ2) is 8.61. The van der Waals surface area contributed by atoms with E-state index >= 15 is 0 Å². The lowest BCUT2D eigenvalue weighted by molar-refractivity contribution is 0.0600. The molecular weight excluding hydrogens is 368 g/mol. The van der Waals surface area contributed by atoms with Gasteiger partial charge in [-0.1, -0.05) is 12.1 Å². The van der Waals surface area contributed by atoms with E-state index in [1.54, 1.807) is 18.3 Å². The Balaban J connectivity index is 1.26. The lowest BCUT2D eigenvalue weighted by Gasteiger charge is -2.18. The van der Waals surface area contributed by atoms with E-state index in [1.165, 1.54) is 7.11 Å². The van der Waals surface area contributed by atoms with E-state index in [0.29, 0.717) is 23.2 Å². The number of aromatic nitrogens is 1. The standard InChI is InChI=1S/C22H26N4O3/c1-29-22(28)16-4-2-15(3-5-16)12-23-19-10-11-26(14-19)20-9-6-17(13-24-20)21(27)25-18-7-8-18/h2-6,9,13,18-19,23H,7-8,10-12,14H2,1H3,(H,25,27). The van der Waals surface area contributed by atoms with Gasteiger partial charge in [0.25, 0.3) is 5.91 Å². The van der Waals surface area contributed by atoms with Crippen molar-refractivity contribution in [3.8, 4) is 0 Å². The fourth-order valence-electron chi connectivity index (χ4n) is 3.48. The third-order valence-corrected chi connectivity index (χ3v) is 5.40. The first kappa shape index (κ1) is 19.4. The lowest BCUT2D eigenvalue weighted by atomic mass is 10.1. The molecule has 1 aromatic heterocycles. The number of rotatable bonds is 7. The number of carbonyl (C=O) groups is 2. The van der Waals surface area contributed by atoms with E-state index in [0.717, 1.165) is 50.3 Å². The summed E-state index contributed by atoms with van der Waals surface area (Å²) in [6.07, 6.45) is 4.85. The van der Waals surface area contributed by atoms with Crippen molar-refractivity contribution in [2.24, 2.45) is 0 Å². The topological polar surface area (TPSA) is 83.6 Å². The van der Waals surface area contributed by atoms with Gasteiger partial charge in [0.2, 0.25) is 0 Å². The highest BCUT2D eigenvalue weighted by atomic mass is 16.5. The summed E-state index contributed by atoms with van der Waals surface area (Å²) in [4.78, 5) is 30.3. The number of hydrogen-bond acceptors (Lipinski definition) is 6. The molecule has 1 saturated carbocycles. The summed E-state index contributed by atoms with van der Waals surface area (Å²) in [5, 5.41) is 6.55. The fraction of sp³-hybridized carbons (Fsp3) is 0.409. The zero-order valence-corrected chi connectivity index (χ0v) is 16.6. The first-order valence-corrected chi connectivity index (χ1v) is 10.0. The number of carbonyl (C=O) groups excluding carboxylic acids is 2. The van der Waals surface area contributed by atoms with Crippen LogP contribution in [-0.2, 0) is 11.3 Å². The van der Waals surface area contributed by atoms with Crippen LogP contribution in [0.4, 0.5) is 5.82 Å². The van der Waals surface area contributed by atoms with Gasteiger partial charge in [-0.25, -0.2) is 9.78 Å². The maximum absolute atomic E-state index is 12.1. The largest absolute Gasteiger partial charge is 0.465 e. The van der Waals surface area contributed by atoms with Crippen molar-refractivity contribution in [1.82, 2.24) is 15.6 Å². The van der Waals surface area contributed by atoms with Crippen molar-refractivity contribution in [3.63, 3.8) is 0 Å². The Bertz CT molecular complexity index is 863. The summed E-state index contributed by atoms with van der Waals surface area (Å²) in [5.41, 5.74) is 2.30. The monoisotopic (exact) mass is 394 g/mol. The first-order chi connectivity index (χ1) is 14.1. The molecule has 7 nitrogen and oxygen atoms in total. The Hall–Kier alpha value is -2.93. The van der Waals surface area contributed by atoms with Crippen molar-refractivity contribution >= 4 is 17.7 Å². The van der Waals surface area contributed by atoms with Gasteiger partial charge in [-0.05, 0) is 49.1 Å². The van der Waals surface area contributed by atoms with E-state index in [2.05, 4.69) is 20.5 Å². The molecule has 2 N–H and O–H groups in total. The Morgan fingerprint density at radius 3 is 2.48 bits per heavy atom. The van der Waals surface area contributed by atoms with Crippen LogP contribution in [0.5, 0.6) is 0 Å². The number of hydrogen-bond donors (Lipinski definition) is 2. The van der Waals surface area contributed by atoms with Gasteiger partial charge in [0.1, 0.15) is 5.82 Å². The predicted molar refractivity (Wildman–Crippen MR) is 110 cm³/mol. The molecule has 0 radical (unpaired) electrons. The van der Waals surface area contributed by atoms with E-state index < -0.39 is 0 Å². The average Bonchev–Trinajstić information content (AvgIpc) is 3.45. The zero-order chi connectivity index (χ0) is 20.2. The highest BCUT2D eigenvalue weighted by molar-refractivity contribution is 5.94. The SMILES string of the molecule is COC(=O)c1ccc(CNC2CCN(c3ccc(C(=O)NC4CC4)cn3)C2)cc1. The van der Waals surface area contributed by atoms with Crippen LogP contribution in [0.25, 0.3) is 0 Å². The van der Waals surface area contributed by atoms with Crippen molar-refractivity contribution < 1.29 is 14.3 Å². The third kappa shape index (κ3) is 4.92. The van der Waals surface area contributed by atoms with Gasteiger partial charge in [-0.3, -0.25) is 4.79 Å². The number of anilines is 1. The van der Waals surface area contributed by atoms with Gasteiger partial charge in [-0.15, -0.1) is 0 Å². The molecule has 29 heavy (non-hydrogen) atoms. The summed E-state index contributed by atoms with van der Waals surface area (Å²) in [6.45, 7) is 2.55. The second-order valence-electron chi connectivity index (χ2n) is 7.65. The molecule has 0 bridgehead atoms. The van der Waals surface area contributed by atoms with E-state index in [1.807, 2.05) is 24.3 Å². The third-order valence-electron chi connectivity index (χ3n) is 5.40. The Morgan fingerprint density at radius 2 is 1.83 bits per heavy atom. The van der Waals surface area contributed by atoms with Crippen LogP contribution in [0.3, 0.4) is 0 Å². The maximum Gasteiger partial charge on any atom is 0.337 e. The molecule has 2 aliphatic rings.